The molecule has 5 aromatic rings. The largest absolute Gasteiger partial charge is 0.308 e. The van der Waals surface area contributed by atoms with Crippen molar-refractivity contribution >= 4 is 46.9 Å². The smallest absolute Gasteiger partial charge is 0.176 e. The lowest BCUT2D eigenvalue weighted by Gasteiger charge is -2.28. The van der Waals surface area contributed by atoms with Crippen LogP contribution in [0.1, 0.15) is 28.4 Å². The van der Waals surface area contributed by atoms with Crippen LogP contribution in [0.2, 0.25) is 0 Å². The van der Waals surface area contributed by atoms with Gasteiger partial charge in [-0.3, -0.25) is 4.79 Å². The maximum Gasteiger partial charge on any atom is 0.176 e. The van der Waals surface area contributed by atoms with E-state index >= 15 is 9.13 Å². The SMILES string of the molecule is CC(=O)c1ccc(C2=C(P(=O)(c3ccccc3)c3ccccc3)[P@@](=O)(c3ccccc3)c3ccccc32)cc1. The zero-order chi connectivity index (χ0) is 27.0. The van der Waals surface area contributed by atoms with Gasteiger partial charge in [-0.05, 0) is 18.1 Å². The van der Waals surface area contributed by atoms with E-state index in [0.29, 0.717) is 37.4 Å². The Labute approximate surface area is 228 Å². The van der Waals surface area contributed by atoms with Crippen molar-refractivity contribution in [2.24, 2.45) is 0 Å². The summed E-state index contributed by atoms with van der Waals surface area (Å²) in [5, 5.41) is 3.05. The van der Waals surface area contributed by atoms with Crippen molar-refractivity contribution in [3.05, 3.63) is 161 Å². The number of rotatable bonds is 6. The molecule has 5 aromatic carbocycles. The molecule has 3 nitrogen and oxygen atoms in total. The molecule has 0 amide bonds. The minimum atomic E-state index is -3.64. The third-order valence-corrected chi connectivity index (χ3v) is 14.7. The highest BCUT2D eigenvalue weighted by molar-refractivity contribution is 8.01. The molecule has 0 fully saturated rings. The second kappa shape index (κ2) is 9.93. The van der Waals surface area contributed by atoms with E-state index < -0.39 is 14.3 Å². The topological polar surface area (TPSA) is 51.2 Å². The Balaban J connectivity index is 1.80. The van der Waals surface area contributed by atoms with Crippen molar-refractivity contribution in [3.63, 3.8) is 0 Å². The Morgan fingerprint density at radius 2 is 1.10 bits per heavy atom. The molecule has 0 unspecified atom stereocenters. The Kier molecular flexibility index (Phi) is 6.43. The van der Waals surface area contributed by atoms with Crippen molar-refractivity contribution < 1.29 is 13.9 Å². The van der Waals surface area contributed by atoms with Crippen LogP contribution in [0.15, 0.2) is 145 Å². The monoisotopic (exact) mass is 544 g/mol. The summed E-state index contributed by atoms with van der Waals surface area (Å²) in [5.41, 5.74) is 2.89. The summed E-state index contributed by atoms with van der Waals surface area (Å²) in [5.74, 6) is -0.0308. The van der Waals surface area contributed by atoms with Gasteiger partial charge in [-0.25, -0.2) is 0 Å². The number of fused-ring (bicyclic) bond motifs is 1. The first kappa shape index (κ1) is 25.3. The standard InChI is InChI=1S/C34H26O3P2/c1-25(35)26-21-23-27(24-22-26)33-31-19-11-12-20-32(31)39(37,30-17-9-4-10-18-30)34(33)38(36,28-13-5-2-6-14-28)29-15-7-3-8-16-29/h2-24H,1H3/t39-/m1/s1. The molecule has 0 radical (unpaired) electrons. The highest BCUT2D eigenvalue weighted by Gasteiger charge is 2.51. The van der Waals surface area contributed by atoms with Gasteiger partial charge in [-0.1, -0.05) is 140 Å². The quantitative estimate of drug-likeness (QED) is 0.172. The van der Waals surface area contributed by atoms with Gasteiger partial charge in [0.15, 0.2) is 20.1 Å². The second-order valence-electron chi connectivity index (χ2n) is 9.57. The molecule has 5 heteroatoms. The third-order valence-electron chi connectivity index (χ3n) is 7.27. The number of Topliss-reactive ketones (excluding diaryl/α,β-unsaturated/α-hetero) is 1. The fourth-order valence-electron chi connectivity index (χ4n) is 5.43. The first-order chi connectivity index (χ1) is 19.0. The molecule has 0 aliphatic carbocycles. The molecule has 0 spiro atoms. The number of ketones is 1. The van der Waals surface area contributed by atoms with Gasteiger partial charge in [0.2, 0.25) is 0 Å². The number of carbonyl (C=O) groups excluding carboxylic acids is 1. The number of hydrogen-bond acceptors (Lipinski definition) is 3. The van der Waals surface area contributed by atoms with Crippen molar-refractivity contribution in [2.45, 2.75) is 6.92 Å². The molecule has 1 atom stereocenters. The number of benzene rings is 5. The Morgan fingerprint density at radius 1 is 0.615 bits per heavy atom. The average Bonchev–Trinajstić information content (AvgIpc) is 3.28. The summed E-state index contributed by atoms with van der Waals surface area (Å²) in [7, 11) is -7.22. The first-order valence-corrected chi connectivity index (χ1v) is 16.2. The fourth-order valence-corrected chi connectivity index (χ4v) is 13.6. The van der Waals surface area contributed by atoms with E-state index in [1.54, 1.807) is 12.1 Å². The van der Waals surface area contributed by atoms with E-state index in [1.807, 2.05) is 127 Å². The van der Waals surface area contributed by atoms with Crippen molar-refractivity contribution in [1.82, 2.24) is 0 Å². The Morgan fingerprint density at radius 3 is 1.64 bits per heavy atom. The lowest BCUT2D eigenvalue weighted by atomic mass is 9.98. The molecule has 0 aromatic heterocycles. The second-order valence-corrected chi connectivity index (χ2v) is 15.3. The van der Waals surface area contributed by atoms with Crippen LogP contribution in [-0.2, 0) is 9.13 Å². The molecular formula is C34H26O3P2. The average molecular weight is 545 g/mol. The van der Waals surface area contributed by atoms with Gasteiger partial charge >= 0.3 is 0 Å². The number of carbonyl (C=O) groups is 1. The Hall–Kier alpha value is -4.03. The summed E-state index contributed by atoms with van der Waals surface area (Å²) in [4.78, 5) is 12.1. The predicted octanol–water partition coefficient (Wildman–Crippen LogP) is 6.95. The van der Waals surface area contributed by atoms with Crippen molar-refractivity contribution in [1.29, 1.82) is 0 Å². The van der Waals surface area contributed by atoms with E-state index in [1.165, 1.54) is 6.92 Å². The van der Waals surface area contributed by atoms with Gasteiger partial charge in [-0.15, -0.1) is 0 Å². The molecule has 0 saturated carbocycles. The van der Waals surface area contributed by atoms with Crippen LogP contribution in [0.4, 0.5) is 0 Å². The zero-order valence-electron chi connectivity index (χ0n) is 21.4. The van der Waals surface area contributed by atoms with Crippen LogP contribution in [0, 0.1) is 0 Å². The predicted molar refractivity (Wildman–Crippen MR) is 162 cm³/mol. The van der Waals surface area contributed by atoms with Crippen LogP contribution >= 0.6 is 14.3 Å². The van der Waals surface area contributed by atoms with Crippen LogP contribution in [0.3, 0.4) is 0 Å². The van der Waals surface area contributed by atoms with E-state index in [4.69, 9.17) is 0 Å². The molecule has 0 bridgehead atoms. The van der Waals surface area contributed by atoms with Crippen LogP contribution in [-0.4, -0.2) is 5.78 Å². The van der Waals surface area contributed by atoms with E-state index in [-0.39, 0.29) is 5.78 Å². The molecular weight excluding hydrogens is 518 g/mol. The minimum Gasteiger partial charge on any atom is -0.308 e. The summed E-state index contributed by atoms with van der Waals surface area (Å²) in [6.45, 7) is 1.53. The Bertz CT molecular complexity index is 1760. The minimum absolute atomic E-state index is 0.0308. The van der Waals surface area contributed by atoms with E-state index in [2.05, 4.69) is 0 Å². The zero-order valence-corrected chi connectivity index (χ0v) is 23.2. The van der Waals surface area contributed by atoms with E-state index in [0.717, 1.165) is 11.1 Å². The van der Waals surface area contributed by atoms with Crippen LogP contribution < -0.4 is 21.2 Å². The normalized spacial score (nSPS) is 16.6. The highest BCUT2D eigenvalue weighted by atomic mass is 31.2. The van der Waals surface area contributed by atoms with E-state index in [9.17, 15) is 4.79 Å². The molecule has 1 heterocycles. The van der Waals surface area contributed by atoms with Crippen LogP contribution in [0.25, 0.3) is 5.57 Å². The molecule has 0 saturated heterocycles. The molecule has 1 aliphatic heterocycles. The first-order valence-electron chi connectivity index (χ1n) is 12.8. The third kappa shape index (κ3) is 4.02. The number of hydrogen-bond donors (Lipinski definition) is 0. The molecule has 190 valence electrons. The summed E-state index contributed by atoms with van der Waals surface area (Å²) in [6, 6.07) is 43.2. The lowest BCUT2D eigenvalue weighted by Crippen LogP contribution is -2.22. The molecule has 0 N–H and O–H groups in total. The summed E-state index contributed by atoms with van der Waals surface area (Å²) in [6.07, 6.45) is 0. The van der Waals surface area contributed by atoms with Gasteiger partial charge < -0.3 is 9.13 Å². The fraction of sp³-hybridized carbons (Fsp3) is 0.0294. The summed E-state index contributed by atoms with van der Waals surface area (Å²) < 4.78 is 31.8. The molecule has 1 aliphatic rings. The van der Waals surface area contributed by atoms with Gasteiger partial charge in [-0.2, -0.15) is 0 Å². The van der Waals surface area contributed by atoms with Gasteiger partial charge in [0, 0.05) is 32.4 Å². The van der Waals surface area contributed by atoms with Gasteiger partial charge in [0.25, 0.3) is 0 Å². The van der Waals surface area contributed by atoms with Crippen molar-refractivity contribution in [3.8, 4) is 0 Å². The lowest BCUT2D eigenvalue weighted by molar-refractivity contribution is 0.101. The van der Waals surface area contributed by atoms with Crippen molar-refractivity contribution in [2.75, 3.05) is 0 Å². The summed E-state index contributed by atoms with van der Waals surface area (Å²) >= 11 is 0. The maximum absolute atomic E-state index is 16.0. The van der Waals surface area contributed by atoms with Crippen LogP contribution in [0.5, 0.6) is 0 Å². The van der Waals surface area contributed by atoms with Gasteiger partial charge in [0.1, 0.15) is 0 Å². The molecule has 6 rings (SSSR count). The maximum atomic E-state index is 16.0. The molecule has 39 heavy (non-hydrogen) atoms. The highest BCUT2D eigenvalue weighted by Crippen LogP contribution is 2.75. The van der Waals surface area contributed by atoms with Gasteiger partial charge in [0.05, 0.1) is 5.06 Å².